The number of fused-ring (bicyclic) bond motifs is 1. The van der Waals surface area contributed by atoms with Gasteiger partial charge in [-0.25, -0.2) is 14.6 Å². The molecular formula is C15H16F3N3O5S. The standard InChI is InChI=1S/C13H15N3O3S.C2HF3O2/c1-2-16-7-10(13(18)19)11(17)9-5-8(20-4-3-14)6-15-12(9)16;3-2(4,5)1(6)7/h5-7H,2-4,14H2,1H3,(H,18,19);(H,6,7). The first-order chi connectivity index (χ1) is 12.5. The first-order valence-electron chi connectivity index (χ1n) is 7.42. The summed E-state index contributed by atoms with van der Waals surface area (Å²) < 4.78 is 33.4. The quantitative estimate of drug-likeness (QED) is 0.639. The highest BCUT2D eigenvalue weighted by Gasteiger charge is 2.38. The van der Waals surface area contributed by atoms with Crippen LogP contribution in [0.4, 0.5) is 13.2 Å². The molecule has 0 atom stereocenters. The lowest BCUT2D eigenvalue weighted by Crippen LogP contribution is -2.21. The minimum absolute atomic E-state index is 0.234. The molecule has 2 aromatic heterocycles. The molecule has 0 aliphatic rings. The number of aryl methyl sites for hydroxylation is 1. The number of hydrogen-bond donors (Lipinski definition) is 3. The van der Waals surface area contributed by atoms with Crippen molar-refractivity contribution < 1.29 is 33.0 Å². The van der Waals surface area contributed by atoms with E-state index in [2.05, 4.69) is 4.98 Å². The minimum Gasteiger partial charge on any atom is -0.477 e. The number of rotatable bonds is 5. The van der Waals surface area contributed by atoms with Crippen molar-refractivity contribution in [3.63, 3.8) is 0 Å². The second-order valence-electron chi connectivity index (χ2n) is 4.95. The molecule has 2 rings (SSSR count). The Balaban J connectivity index is 0.000000445. The fourth-order valence-electron chi connectivity index (χ4n) is 1.90. The van der Waals surface area contributed by atoms with Crippen LogP contribution in [0.1, 0.15) is 17.3 Å². The molecular weight excluding hydrogens is 391 g/mol. The second kappa shape index (κ2) is 9.37. The van der Waals surface area contributed by atoms with Crippen molar-refractivity contribution in [2.75, 3.05) is 12.3 Å². The molecule has 0 radical (unpaired) electrons. The van der Waals surface area contributed by atoms with Crippen molar-refractivity contribution in [3.05, 3.63) is 34.2 Å². The number of nitrogens with two attached hydrogens (primary N) is 1. The number of halogens is 3. The van der Waals surface area contributed by atoms with Crippen LogP contribution in [-0.2, 0) is 11.3 Å². The summed E-state index contributed by atoms with van der Waals surface area (Å²) in [5.41, 5.74) is 5.21. The molecule has 2 heterocycles. The van der Waals surface area contributed by atoms with Gasteiger partial charge >= 0.3 is 18.1 Å². The van der Waals surface area contributed by atoms with E-state index in [-0.39, 0.29) is 5.56 Å². The van der Waals surface area contributed by atoms with E-state index in [1.807, 2.05) is 6.92 Å². The predicted octanol–water partition coefficient (Wildman–Crippen LogP) is 1.80. The van der Waals surface area contributed by atoms with Crippen LogP contribution in [0.25, 0.3) is 11.0 Å². The van der Waals surface area contributed by atoms with E-state index in [0.717, 1.165) is 4.90 Å². The van der Waals surface area contributed by atoms with Crippen LogP contribution in [0.3, 0.4) is 0 Å². The fourth-order valence-corrected chi connectivity index (χ4v) is 2.59. The van der Waals surface area contributed by atoms with Gasteiger partial charge in [0, 0.05) is 36.1 Å². The molecule has 12 heteroatoms. The highest BCUT2D eigenvalue weighted by atomic mass is 32.2. The van der Waals surface area contributed by atoms with Crippen molar-refractivity contribution in [1.29, 1.82) is 0 Å². The van der Waals surface area contributed by atoms with E-state index in [1.165, 1.54) is 18.0 Å². The average Bonchev–Trinajstić information content (AvgIpc) is 2.60. The van der Waals surface area contributed by atoms with Crippen molar-refractivity contribution in [3.8, 4) is 0 Å². The Morgan fingerprint density at radius 3 is 2.37 bits per heavy atom. The predicted molar refractivity (Wildman–Crippen MR) is 92.1 cm³/mol. The summed E-state index contributed by atoms with van der Waals surface area (Å²) in [4.78, 5) is 37.3. The molecule has 148 valence electrons. The van der Waals surface area contributed by atoms with Gasteiger partial charge in [0.2, 0.25) is 5.43 Å². The van der Waals surface area contributed by atoms with Gasteiger partial charge in [-0.3, -0.25) is 4.79 Å². The van der Waals surface area contributed by atoms with Gasteiger partial charge in [0.05, 0.1) is 5.39 Å². The number of carbonyl (C=O) groups is 2. The number of hydrogen-bond acceptors (Lipinski definition) is 6. The molecule has 0 unspecified atom stereocenters. The Kier molecular flexibility index (Phi) is 7.79. The molecule has 0 saturated carbocycles. The number of carboxylic acid groups (broad SMARTS) is 2. The normalized spacial score (nSPS) is 11.0. The fraction of sp³-hybridized carbons (Fsp3) is 0.333. The largest absolute Gasteiger partial charge is 0.490 e. The second-order valence-corrected chi connectivity index (χ2v) is 6.11. The Labute approximate surface area is 154 Å². The molecule has 0 saturated heterocycles. The van der Waals surface area contributed by atoms with Crippen molar-refractivity contribution in [2.45, 2.75) is 24.5 Å². The zero-order chi connectivity index (χ0) is 20.8. The summed E-state index contributed by atoms with van der Waals surface area (Å²) in [5.74, 6) is -3.26. The van der Waals surface area contributed by atoms with Gasteiger partial charge in [-0.05, 0) is 13.0 Å². The van der Waals surface area contributed by atoms with Crippen molar-refractivity contribution >= 4 is 34.7 Å². The third-order valence-corrected chi connectivity index (χ3v) is 4.08. The number of carboxylic acids is 2. The van der Waals surface area contributed by atoms with Crippen LogP contribution in [0, 0.1) is 0 Å². The highest BCUT2D eigenvalue weighted by molar-refractivity contribution is 7.99. The highest BCUT2D eigenvalue weighted by Crippen LogP contribution is 2.20. The summed E-state index contributed by atoms with van der Waals surface area (Å²) in [6, 6.07) is 1.68. The van der Waals surface area contributed by atoms with Crippen molar-refractivity contribution in [1.82, 2.24) is 9.55 Å². The molecule has 0 amide bonds. The van der Waals surface area contributed by atoms with E-state index >= 15 is 0 Å². The molecule has 2 aromatic rings. The van der Waals surface area contributed by atoms with Crippen LogP contribution in [0.15, 0.2) is 28.2 Å². The zero-order valence-corrected chi connectivity index (χ0v) is 14.8. The summed E-state index contributed by atoms with van der Waals surface area (Å²) in [5, 5.41) is 16.6. The molecule has 0 spiro atoms. The first-order valence-corrected chi connectivity index (χ1v) is 8.40. The zero-order valence-electron chi connectivity index (χ0n) is 14.0. The third-order valence-electron chi connectivity index (χ3n) is 3.09. The lowest BCUT2D eigenvalue weighted by atomic mass is 10.2. The summed E-state index contributed by atoms with van der Waals surface area (Å²) in [6.07, 6.45) is -2.07. The Bertz CT molecular complexity index is 899. The Morgan fingerprint density at radius 2 is 1.93 bits per heavy atom. The van der Waals surface area contributed by atoms with Gasteiger partial charge in [0.1, 0.15) is 11.2 Å². The smallest absolute Gasteiger partial charge is 0.477 e. The lowest BCUT2D eigenvalue weighted by Gasteiger charge is -2.10. The molecule has 4 N–H and O–H groups in total. The number of aromatic carboxylic acids is 1. The van der Waals surface area contributed by atoms with Gasteiger partial charge in [0.15, 0.2) is 0 Å². The van der Waals surface area contributed by atoms with Gasteiger partial charge in [-0.2, -0.15) is 13.2 Å². The van der Waals surface area contributed by atoms with Gasteiger partial charge in [0.25, 0.3) is 0 Å². The number of alkyl halides is 3. The van der Waals surface area contributed by atoms with E-state index in [4.69, 9.17) is 20.7 Å². The molecule has 0 aromatic carbocycles. The van der Waals surface area contributed by atoms with Crippen molar-refractivity contribution in [2.24, 2.45) is 5.73 Å². The van der Waals surface area contributed by atoms with E-state index in [0.29, 0.717) is 29.9 Å². The van der Waals surface area contributed by atoms with Gasteiger partial charge < -0.3 is 20.5 Å². The lowest BCUT2D eigenvalue weighted by molar-refractivity contribution is -0.192. The monoisotopic (exact) mass is 407 g/mol. The molecule has 0 aliphatic heterocycles. The molecule has 0 aliphatic carbocycles. The molecule has 8 nitrogen and oxygen atoms in total. The summed E-state index contributed by atoms with van der Waals surface area (Å²) in [7, 11) is 0. The van der Waals surface area contributed by atoms with Crippen LogP contribution >= 0.6 is 11.8 Å². The number of aliphatic carboxylic acids is 1. The van der Waals surface area contributed by atoms with Gasteiger partial charge in [-0.1, -0.05) is 0 Å². The maximum absolute atomic E-state index is 12.2. The maximum atomic E-state index is 12.2. The molecule has 27 heavy (non-hydrogen) atoms. The average molecular weight is 407 g/mol. The number of thioether (sulfide) groups is 1. The third kappa shape index (κ3) is 5.96. The summed E-state index contributed by atoms with van der Waals surface area (Å²) >= 11 is 1.49. The maximum Gasteiger partial charge on any atom is 0.490 e. The number of nitrogens with zero attached hydrogens (tertiary/aromatic N) is 2. The van der Waals surface area contributed by atoms with E-state index < -0.39 is 23.5 Å². The van der Waals surface area contributed by atoms with Crippen LogP contribution < -0.4 is 11.2 Å². The Morgan fingerprint density at radius 1 is 1.33 bits per heavy atom. The summed E-state index contributed by atoms with van der Waals surface area (Å²) in [6.45, 7) is 2.94. The van der Waals surface area contributed by atoms with E-state index in [1.54, 1.807) is 16.8 Å². The van der Waals surface area contributed by atoms with E-state index in [9.17, 15) is 22.8 Å². The van der Waals surface area contributed by atoms with Gasteiger partial charge in [-0.15, -0.1) is 11.8 Å². The number of aromatic nitrogens is 2. The molecule has 0 fully saturated rings. The Hall–Kier alpha value is -2.60. The number of pyridine rings is 2. The van der Waals surface area contributed by atoms with Crippen LogP contribution in [0.5, 0.6) is 0 Å². The SMILES string of the molecule is CCn1cc(C(=O)O)c(=O)c2cc(SCCN)cnc21.O=C(O)C(F)(F)F. The van der Waals surface area contributed by atoms with Crippen LogP contribution in [0.2, 0.25) is 0 Å². The topological polar surface area (TPSA) is 136 Å². The molecule has 0 bridgehead atoms. The first kappa shape index (κ1) is 22.4. The minimum atomic E-state index is -5.08. The van der Waals surface area contributed by atoms with Crippen LogP contribution in [-0.4, -0.2) is 50.2 Å².